The number of hydrogen-bond donors (Lipinski definition) is 2. The lowest BCUT2D eigenvalue weighted by Gasteiger charge is -2.16. The van der Waals surface area contributed by atoms with Gasteiger partial charge < -0.3 is 15.0 Å². The first-order chi connectivity index (χ1) is 15.9. The molecule has 3 aromatic rings. The van der Waals surface area contributed by atoms with Crippen molar-refractivity contribution in [2.24, 2.45) is 7.05 Å². The molecule has 0 radical (unpaired) electrons. The van der Waals surface area contributed by atoms with Crippen LogP contribution in [0, 0.1) is 5.82 Å². The van der Waals surface area contributed by atoms with Gasteiger partial charge in [-0.25, -0.2) is 14.2 Å². The fourth-order valence-electron chi connectivity index (χ4n) is 3.36. The number of nitrogens with one attached hydrogen (secondary N) is 1. The monoisotopic (exact) mass is 467 g/mol. The number of benzene rings is 2. The second kappa shape index (κ2) is 11.5. The molecule has 1 amide bonds. The van der Waals surface area contributed by atoms with Crippen LogP contribution in [-0.2, 0) is 18.3 Å². The van der Waals surface area contributed by atoms with E-state index in [1.807, 2.05) is 36.1 Å². The largest absolute Gasteiger partial charge is 0.480 e. The fraction of sp³-hybridized carbons (Fsp3) is 0.240. The summed E-state index contributed by atoms with van der Waals surface area (Å²) in [5.74, 6) is -1.31. The summed E-state index contributed by atoms with van der Waals surface area (Å²) < 4.78 is 15.4. The highest BCUT2D eigenvalue weighted by Gasteiger charge is 2.22. The second-order valence-corrected chi connectivity index (χ2v) is 8.55. The van der Waals surface area contributed by atoms with E-state index in [1.54, 1.807) is 36.8 Å². The highest BCUT2D eigenvalue weighted by atomic mass is 32.2. The molecule has 1 heterocycles. The van der Waals surface area contributed by atoms with Gasteiger partial charge in [0.05, 0.1) is 6.33 Å². The number of rotatable bonds is 10. The van der Waals surface area contributed by atoms with E-state index >= 15 is 0 Å². The number of halogens is 1. The number of nitrogens with zero attached hydrogens (tertiary/aromatic N) is 2. The van der Waals surface area contributed by atoms with Gasteiger partial charge in [0.25, 0.3) is 5.91 Å². The van der Waals surface area contributed by atoms with Crippen LogP contribution >= 0.6 is 11.8 Å². The lowest BCUT2D eigenvalue weighted by atomic mass is 9.96. The van der Waals surface area contributed by atoms with Gasteiger partial charge in [0.2, 0.25) is 0 Å². The summed E-state index contributed by atoms with van der Waals surface area (Å²) in [6, 6.07) is 10.2. The van der Waals surface area contributed by atoms with Crippen molar-refractivity contribution in [3.8, 4) is 11.1 Å². The minimum Gasteiger partial charge on any atom is -0.480 e. The van der Waals surface area contributed by atoms with Crippen molar-refractivity contribution in [1.29, 1.82) is 0 Å². The van der Waals surface area contributed by atoms with E-state index in [0.717, 1.165) is 11.3 Å². The van der Waals surface area contributed by atoms with Gasteiger partial charge in [-0.1, -0.05) is 30.4 Å². The average Bonchev–Trinajstić information content (AvgIpc) is 3.21. The third kappa shape index (κ3) is 6.55. The summed E-state index contributed by atoms with van der Waals surface area (Å²) in [6.45, 7) is 0. The molecule has 2 aromatic carbocycles. The number of carboxylic acid groups (broad SMARTS) is 1. The number of aliphatic carboxylic acids is 1. The van der Waals surface area contributed by atoms with Crippen molar-refractivity contribution >= 4 is 29.7 Å². The average molecular weight is 468 g/mol. The topological polar surface area (TPSA) is 84.2 Å². The number of carbonyl (C=O) groups is 2. The minimum atomic E-state index is -1.07. The third-order valence-electron chi connectivity index (χ3n) is 5.21. The standard InChI is InChI=1S/C25H26FN3O3S/c1-29-16-27-15-20(29)5-3-4-17-6-11-21(22(14-17)18-7-9-19(26)10-8-18)24(30)28-23(25(31)32)12-13-33-2/h3-4,6-11,14-16,23H,5,12-13H2,1-2H3,(H,28,30)(H,31,32)/b4-3+/t23-/m0/s1. The Morgan fingerprint density at radius 2 is 2.00 bits per heavy atom. The lowest BCUT2D eigenvalue weighted by molar-refractivity contribution is -0.139. The zero-order valence-corrected chi connectivity index (χ0v) is 19.3. The molecule has 0 bridgehead atoms. The molecule has 1 atom stereocenters. The highest BCUT2D eigenvalue weighted by Crippen LogP contribution is 2.26. The molecular weight excluding hydrogens is 441 g/mol. The zero-order valence-electron chi connectivity index (χ0n) is 18.5. The molecule has 33 heavy (non-hydrogen) atoms. The normalized spacial score (nSPS) is 12.1. The summed E-state index contributed by atoms with van der Waals surface area (Å²) in [4.78, 5) is 28.7. The van der Waals surface area contributed by atoms with E-state index in [9.17, 15) is 19.1 Å². The van der Waals surface area contributed by atoms with Crippen LogP contribution in [0.1, 0.15) is 28.0 Å². The smallest absolute Gasteiger partial charge is 0.326 e. The molecule has 172 valence electrons. The van der Waals surface area contributed by atoms with Crippen LogP contribution in [0.2, 0.25) is 0 Å². The van der Waals surface area contributed by atoms with E-state index in [2.05, 4.69) is 10.3 Å². The van der Waals surface area contributed by atoms with Crippen LogP contribution in [0.5, 0.6) is 0 Å². The maximum absolute atomic E-state index is 13.5. The van der Waals surface area contributed by atoms with Crippen LogP contribution in [0.3, 0.4) is 0 Å². The van der Waals surface area contributed by atoms with Crippen LogP contribution in [0.25, 0.3) is 17.2 Å². The summed E-state index contributed by atoms with van der Waals surface area (Å²) in [6.07, 6.45) is 10.4. The van der Waals surface area contributed by atoms with Crippen LogP contribution < -0.4 is 5.32 Å². The summed E-state index contributed by atoms with van der Waals surface area (Å²) in [7, 11) is 1.93. The number of imidazole rings is 1. The SMILES string of the molecule is CSCC[C@H](NC(=O)c1ccc(/C=C/Cc2cncn2C)cc1-c1ccc(F)cc1)C(=O)O. The van der Waals surface area contributed by atoms with Gasteiger partial charge in [-0.2, -0.15) is 11.8 Å². The number of carbonyl (C=O) groups excluding carboxylic acids is 1. The predicted octanol–water partition coefficient (Wildman–Crippen LogP) is 4.42. The molecule has 0 spiro atoms. The van der Waals surface area contributed by atoms with E-state index in [1.165, 1.54) is 23.9 Å². The van der Waals surface area contributed by atoms with Gasteiger partial charge >= 0.3 is 5.97 Å². The van der Waals surface area contributed by atoms with E-state index in [-0.39, 0.29) is 5.82 Å². The number of allylic oxidation sites excluding steroid dienone is 1. The maximum atomic E-state index is 13.5. The molecule has 0 fully saturated rings. The summed E-state index contributed by atoms with van der Waals surface area (Å²) in [5.41, 5.74) is 3.53. The first-order valence-electron chi connectivity index (χ1n) is 10.4. The molecule has 0 aliphatic rings. The van der Waals surface area contributed by atoms with Crippen molar-refractivity contribution in [2.75, 3.05) is 12.0 Å². The van der Waals surface area contributed by atoms with E-state index in [4.69, 9.17) is 0 Å². The molecule has 0 saturated heterocycles. The highest BCUT2D eigenvalue weighted by molar-refractivity contribution is 7.98. The van der Waals surface area contributed by atoms with Crippen LogP contribution in [0.4, 0.5) is 4.39 Å². The number of amides is 1. The predicted molar refractivity (Wildman–Crippen MR) is 130 cm³/mol. The Balaban J connectivity index is 1.90. The zero-order chi connectivity index (χ0) is 23.8. The number of aryl methyl sites for hydroxylation is 1. The van der Waals surface area contributed by atoms with E-state index in [0.29, 0.717) is 35.3 Å². The van der Waals surface area contributed by atoms with Crippen molar-refractivity contribution in [3.05, 3.63) is 83.7 Å². The molecular formula is C25H26FN3O3S. The molecule has 0 aliphatic carbocycles. The lowest BCUT2D eigenvalue weighted by Crippen LogP contribution is -2.41. The Hall–Kier alpha value is -3.39. The van der Waals surface area contributed by atoms with Crippen molar-refractivity contribution < 1.29 is 19.1 Å². The molecule has 8 heteroatoms. The molecule has 6 nitrogen and oxygen atoms in total. The molecule has 2 N–H and O–H groups in total. The Labute approximate surface area is 196 Å². The number of aromatic nitrogens is 2. The Bertz CT molecular complexity index is 1140. The second-order valence-electron chi connectivity index (χ2n) is 7.56. The van der Waals surface area contributed by atoms with Crippen molar-refractivity contribution in [1.82, 2.24) is 14.9 Å². The molecule has 1 aromatic heterocycles. The van der Waals surface area contributed by atoms with Gasteiger partial charge in [-0.3, -0.25) is 4.79 Å². The van der Waals surface area contributed by atoms with Crippen LogP contribution in [-0.4, -0.2) is 44.6 Å². The van der Waals surface area contributed by atoms with Gasteiger partial charge in [-0.05, 0) is 59.4 Å². The third-order valence-corrected chi connectivity index (χ3v) is 5.86. The Morgan fingerprint density at radius 3 is 2.64 bits per heavy atom. The summed E-state index contributed by atoms with van der Waals surface area (Å²) >= 11 is 1.52. The minimum absolute atomic E-state index is 0.322. The molecule has 0 unspecified atom stereocenters. The fourth-order valence-corrected chi connectivity index (χ4v) is 3.83. The first-order valence-corrected chi connectivity index (χ1v) is 11.8. The van der Waals surface area contributed by atoms with Gasteiger partial charge in [0, 0.05) is 30.9 Å². The molecule has 0 aliphatic heterocycles. The number of carboxylic acids is 1. The van der Waals surface area contributed by atoms with Gasteiger partial charge in [0.15, 0.2) is 0 Å². The van der Waals surface area contributed by atoms with Crippen molar-refractivity contribution in [3.63, 3.8) is 0 Å². The van der Waals surface area contributed by atoms with E-state index < -0.39 is 17.9 Å². The Morgan fingerprint density at radius 1 is 1.24 bits per heavy atom. The maximum Gasteiger partial charge on any atom is 0.326 e. The molecule has 3 rings (SSSR count). The summed E-state index contributed by atoms with van der Waals surface area (Å²) in [5, 5.41) is 12.1. The van der Waals surface area contributed by atoms with Gasteiger partial charge in [0.1, 0.15) is 11.9 Å². The number of hydrogen-bond acceptors (Lipinski definition) is 4. The first kappa shape index (κ1) is 24.3. The van der Waals surface area contributed by atoms with Crippen molar-refractivity contribution in [2.45, 2.75) is 18.9 Å². The Kier molecular flexibility index (Phi) is 8.43. The molecule has 0 saturated carbocycles. The quantitative estimate of drug-likeness (QED) is 0.461. The van der Waals surface area contributed by atoms with Crippen LogP contribution in [0.15, 0.2) is 61.1 Å². The number of thioether (sulfide) groups is 1. The van der Waals surface area contributed by atoms with Gasteiger partial charge in [-0.15, -0.1) is 0 Å².